The van der Waals surface area contributed by atoms with Crippen molar-refractivity contribution < 1.29 is 14.3 Å². The Balaban J connectivity index is 1.37. The predicted octanol–water partition coefficient (Wildman–Crippen LogP) is 5.23. The van der Waals surface area contributed by atoms with Gasteiger partial charge in [0.25, 0.3) is 0 Å². The van der Waals surface area contributed by atoms with Crippen LogP contribution in [0.2, 0.25) is 0 Å². The van der Waals surface area contributed by atoms with Crippen molar-refractivity contribution in [2.24, 2.45) is 0 Å². The number of amides is 1. The van der Waals surface area contributed by atoms with Gasteiger partial charge in [0, 0.05) is 19.1 Å². The zero-order chi connectivity index (χ0) is 25.6. The second-order valence-corrected chi connectivity index (χ2v) is 10.2. The summed E-state index contributed by atoms with van der Waals surface area (Å²) in [5.41, 5.74) is 3.26. The van der Waals surface area contributed by atoms with E-state index in [1.54, 1.807) is 4.90 Å². The molecule has 2 saturated heterocycles. The molecule has 3 unspecified atom stereocenters. The summed E-state index contributed by atoms with van der Waals surface area (Å²) in [6.45, 7) is 2.58. The number of hydrogen-bond acceptors (Lipinski definition) is 4. The maximum atomic E-state index is 14.2. The fraction of sp³-hybridized carbons (Fsp3) is 0.375. The Labute approximate surface area is 220 Å². The number of carbonyl (C=O) groups is 2. The van der Waals surface area contributed by atoms with Gasteiger partial charge in [-0.15, -0.1) is 0 Å². The topological polar surface area (TPSA) is 49.9 Å². The number of nitrogens with zero attached hydrogens (tertiary/aromatic N) is 2. The van der Waals surface area contributed by atoms with Crippen LogP contribution in [0.5, 0.6) is 0 Å². The lowest BCUT2D eigenvalue weighted by molar-refractivity contribution is -0.156. The van der Waals surface area contributed by atoms with Crippen LogP contribution in [0.1, 0.15) is 54.2 Å². The van der Waals surface area contributed by atoms with Crippen LogP contribution >= 0.6 is 0 Å². The number of hydrogen-bond donors (Lipinski definition) is 0. The summed E-state index contributed by atoms with van der Waals surface area (Å²) in [6, 6.07) is 30.1. The molecule has 2 aliphatic heterocycles. The SMILES string of the molecule is COC(=O)C1CC(N2CCCC(c3ccccc3)C2)CCN1C(=O)C(c1ccccc1)c1ccccc1. The summed E-state index contributed by atoms with van der Waals surface area (Å²) in [7, 11) is 1.42. The Hall–Kier alpha value is -3.44. The van der Waals surface area contributed by atoms with Gasteiger partial charge in [-0.3, -0.25) is 9.69 Å². The summed E-state index contributed by atoms with van der Waals surface area (Å²) in [4.78, 5) is 31.5. The maximum absolute atomic E-state index is 14.2. The first-order valence-electron chi connectivity index (χ1n) is 13.4. The second kappa shape index (κ2) is 11.7. The van der Waals surface area contributed by atoms with Crippen molar-refractivity contribution in [3.8, 4) is 0 Å². The van der Waals surface area contributed by atoms with E-state index in [2.05, 4.69) is 35.2 Å². The number of esters is 1. The highest BCUT2D eigenvalue weighted by molar-refractivity contribution is 5.91. The number of piperidine rings is 2. The number of methoxy groups -OCH3 is 1. The van der Waals surface area contributed by atoms with Crippen LogP contribution < -0.4 is 0 Å². The van der Waals surface area contributed by atoms with Crippen molar-refractivity contribution in [3.63, 3.8) is 0 Å². The smallest absolute Gasteiger partial charge is 0.328 e. The van der Waals surface area contributed by atoms with Gasteiger partial charge >= 0.3 is 5.97 Å². The molecule has 0 spiro atoms. The van der Waals surface area contributed by atoms with E-state index >= 15 is 0 Å². The van der Waals surface area contributed by atoms with Crippen LogP contribution in [-0.2, 0) is 14.3 Å². The second-order valence-electron chi connectivity index (χ2n) is 10.2. The average Bonchev–Trinajstić information content (AvgIpc) is 2.98. The number of rotatable bonds is 6. The molecule has 5 nitrogen and oxygen atoms in total. The molecule has 0 aliphatic carbocycles. The van der Waals surface area contributed by atoms with Crippen LogP contribution in [0.3, 0.4) is 0 Å². The summed E-state index contributed by atoms with van der Waals surface area (Å²) < 4.78 is 5.24. The van der Waals surface area contributed by atoms with Gasteiger partial charge in [-0.2, -0.15) is 0 Å². The van der Waals surface area contributed by atoms with Gasteiger partial charge in [-0.05, 0) is 54.8 Å². The van der Waals surface area contributed by atoms with Crippen LogP contribution in [0, 0.1) is 0 Å². The van der Waals surface area contributed by atoms with Crippen LogP contribution in [0.25, 0.3) is 0 Å². The predicted molar refractivity (Wildman–Crippen MR) is 145 cm³/mol. The Morgan fingerprint density at radius 1 is 0.811 bits per heavy atom. The lowest BCUT2D eigenvalue weighted by Crippen LogP contribution is -2.57. The monoisotopic (exact) mass is 496 g/mol. The number of benzene rings is 3. The molecule has 0 saturated carbocycles. The van der Waals surface area contributed by atoms with E-state index in [0.717, 1.165) is 37.1 Å². The zero-order valence-corrected chi connectivity index (χ0v) is 21.5. The molecule has 0 bridgehead atoms. The van der Waals surface area contributed by atoms with Crippen molar-refractivity contribution in [1.82, 2.24) is 9.80 Å². The Kier molecular flexibility index (Phi) is 8.00. The molecule has 5 rings (SSSR count). The standard InChI is InChI=1S/C32H36N2O3/c1-37-32(36)29-22-28(33-20-11-18-27(23-33)24-12-5-2-6-13-24)19-21-34(29)31(35)30(25-14-7-3-8-15-25)26-16-9-4-10-17-26/h2-10,12-17,27-30H,11,18-23H2,1H3. The quantitative estimate of drug-likeness (QED) is 0.439. The Morgan fingerprint density at radius 2 is 1.41 bits per heavy atom. The molecular formula is C32H36N2O3. The third-order valence-corrected chi connectivity index (χ3v) is 8.08. The number of likely N-dealkylation sites (tertiary alicyclic amines) is 2. The molecule has 192 valence electrons. The molecule has 2 aliphatic rings. The maximum Gasteiger partial charge on any atom is 0.328 e. The van der Waals surface area contributed by atoms with Gasteiger partial charge in [-0.1, -0.05) is 91.0 Å². The largest absolute Gasteiger partial charge is 0.467 e. The van der Waals surface area contributed by atoms with Crippen molar-refractivity contribution in [2.75, 3.05) is 26.7 Å². The molecule has 0 N–H and O–H groups in total. The van der Waals surface area contributed by atoms with E-state index in [0.29, 0.717) is 18.9 Å². The minimum Gasteiger partial charge on any atom is -0.467 e. The molecule has 5 heteroatoms. The Morgan fingerprint density at radius 3 is 2.00 bits per heavy atom. The van der Waals surface area contributed by atoms with Crippen LogP contribution in [-0.4, -0.2) is 60.5 Å². The van der Waals surface area contributed by atoms with E-state index in [9.17, 15) is 9.59 Å². The summed E-state index contributed by atoms with van der Waals surface area (Å²) in [5.74, 6) is -0.308. The molecule has 3 aromatic carbocycles. The van der Waals surface area contributed by atoms with Crippen LogP contribution in [0.15, 0.2) is 91.0 Å². The third-order valence-electron chi connectivity index (χ3n) is 8.08. The first-order chi connectivity index (χ1) is 18.2. The van der Waals surface area contributed by atoms with Gasteiger partial charge in [0.15, 0.2) is 0 Å². The molecule has 2 heterocycles. The summed E-state index contributed by atoms with van der Waals surface area (Å²) in [5, 5.41) is 0. The van der Waals surface area contributed by atoms with Gasteiger partial charge in [0.05, 0.1) is 13.0 Å². The van der Waals surface area contributed by atoms with Crippen molar-refractivity contribution in [2.45, 2.75) is 49.6 Å². The van der Waals surface area contributed by atoms with Crippen LogP contribution in [0.4, 0.5) is 0 Å². The highest BCUT2D eigenvalue weighted by atomic mass is 16.5. The van der Waals surface area contributed by atoms with E-state index in [4.69, 9.17) is 4.74 Å². The van der Waals surface area contributed by atoms with Crippen molar-refractivity contribution >= 4 is 11.9 Å². The summed E-state index contributed by atoms with van der Waals surface area (Å²) >= 11 is 0. The molecule has 0 radical (unpaired) electrons. The van der Waals surface area contributed by atoms with E-state index < -0.39 is 12.0 Å². The minimum absolute atomic E-state index is 0.0351. The summed E-state index contributed by atoms with van der Waals surface area (Å²) in [6.07, 6.45) is 3.80. The van der Waals surface area contributed by atoms with E-state index in [1.165, 1.54) is 19.1 Å². The normalized spacial score (nSPS) is 22.5. The molecule has 3 aromatic rings. The van der Waals surface area contributed by atoms with Gasteiger partial charge in [0.1, 0.15) is 6.04 Å². The minimum atomic E-state index is -0.580. The first kappa shape index (κ1) is 25.2. The lowest BCUT2D eigenvalue weighted by atomic mass is 9.86. The Bertz CT molecular complexity index is 1130. The zero-order valence-electron chi connectivity index (χ0n) is 21.5. The third kappa shape index (κ3) is 5.62. The fourth-order valence-electron chi connectivity index (χ4n) is 6.17. The molecule has 0 aromatic heterocycles. The van der Waals surface area contributed by atoms with E-state index in [-0.39, 0.29) is 17.9 Å². The van der Waals surface area contributed by atoms with Crippen molar-refractivity contribution in [3.05, 3.63) is 108 Å². The highest BCUT2D eigenvalue weighted by Gasteiger charge is 2.42. The van der Waals surface area contributed by atoms with E-state index in [1.807, 2.05) is 60.7 Å². The highest BCUT2D eigenvalue weighted by Crippen LogP contribution is 2.34. The van der Waals surface area contributed by atoms with Gasteiger partial charge < -0.3 is 9.64 Å². The fourth-order valence-corrected chi connectivity index (χ4v) is 6.17. The first-order valence-corrected chi connectivity index (χ1v) is 13.4. The molecular weight excluding hydrogens is 460 g/mol. The average molecular weight is 497 g/mol. The number of carbonyl (C=O) groups excluding carboxylic acids is 2. The number of ether oxygens (including phenoxy) is 1. The molecule has 37 heavy (non-hydrogen) atoms. The molecule has 2 fully saturated rings. The molecule has 3 atom stereocenters. The van der Waals surface area contributed by atoms with Crippen molar-refractivity contribution in [1.29, 1.82) is 0 Å². The van der Waals surface area contributed by atoms with Gasteiger partial charge in [-0.25, -0.2) is 4.79 Å². The van der Waals surface area contributed by atoms with Gasteiger partial charge in [0.2, 0.25) is 5.91 Å². The lowest BCUT2D eigenvalue weighted by Gasteiger charge is -2.45. The molecule has 1 amide bonds.